The average Bonchev–Trinajstić information content (AvgIpc) is 2.88. The molecule has 1 fully saturated rings. The van der Waals surface area contributed by atoms with Crippen molar-refractivity contribution in [2.45, 2.75) is 37.0 Å². The van der Waals surface area contributed by atoms with E-state index >= 15 is 0 Å². The summed E-state index contributed by atoms with van der Waals surface area (Å²) in [6, 6.07) is 45.1. The van der Waals surface area contributed by atoms with E-state index in [4.69, 9.17) is 0 Å². The fraction of sp³-hybridized carbons (Fsp3) is 0.200. The summed E-state index contributed by atoms with van der Waals surface area (Å²) in [5, 5.41) is 6.13. The van der Waals surface area contributed by atoms with Crippen molar-refractivity contribution in [3.63, 3.8) is 0 Å². The lowest BCUT2D eigenvalue weighted by molar-refractivity contribution is 0.522. The maximum Gasteiger partial charge on any atom is -0.0128 e. The van der Waals surface area contributed by atoms with Crippen molar-refractivity contribution in [2.75, 3.05) is 0 Å². The van der Waals surface area contributed by atoms with Gasteiger partial charge in [-0.15, -0.1) is 0 Å². The van der Waals surface area contributed by atoms with Gasteiger partial charge in [-0.3, -0.25) is 0 Å². The van der Waals surface area contributed by atoms with Crippen LogP contribution in [0.4, 0.5) is 0 Å². The summed E-state index contributed by atoms with van der Waals surface area (Å²) in [6.07, 6.45) is 5.33. The van der Waals surface area contributed by atoms with Gasteiger partial charge < -0.3 is 0 Å². The van der Waals surface area contributed by atoms with Crippen LogP contribution < -0.4 is 21.2 Å². The molecular weight excluding hydrogens is 422 g/mol. The first-order valence-corrected chi connectivity index (χ1v) is 14.5. The van der Waals surface area contributed by atoms with Gasteiger partial charge in [0.25, 0.3) is 0 Å². The van der Waals surface area contributed by atoms with Gasteiger partial charge in [0.1, 0.15) is 0 Å². The first-order valence-electron chi connectivity index (χ1n) is 11.7. The number of hydrogen-bond donors (Lipinski definition) is 0. The summed E-state index contributed by atoms with van der Waals surface area (Å²) >= 11 is 0. The molecule has 0 amide bonds. The van der Waals surface area contributed by atoms with Crippen LogP contribution >= 0.6 is 15.8 Å². The zero-order valence-corrected chi connectivity index (χ0v) is 20.2. The first-order chi connectivity index (χ1) is 15.9. The molecule has 4 aromatic carbocycles. The maximum atomic E-state index is 2.35. The molecule has 0 spiro atoms. The Morgan fingerprint density at radius 1 is 0.344 bits per heavy atom. The van der Waals surface area contributed by atoms with E-state index in [1.807, 2.05) is 0 Å². The van der Waals surface area contributed by atoms with Crippen LogP contribution in [0.3, 0.4) is 0 Å². The minimum atomic E-state index is -0.309. The Hall–Kier alpha value is -2.26. The van der Waals surface area contributed by atoms with Gasteiger partial charge in [0.2, 0.25) is 0 Å². The lowest BCUT2D eigenvalue weighted by Crippen LogP contribution is -2.30. The Morgan fingerprint density at radius 2 is 0.562 bits per heavy atom. The molecule has 1 saturated carbocycles. The SMILES string of the molecule is c1ccc(P(c2ccccc2)C2CCC(P(c3ccccc3)c3ccccc3)CC2)cc1. The van der Waals surface area contributed by atoms with Crippen molar-refractivity contribution in [3.8, 4) is 0 Å². The highest BCUT2D eigenvalue weighted by atomic mass is 31.1. The third kappa shape index (κ3) is 4.88. The molecule has 1 aliphatic carbocycles. The third-order valence-corrected chi connectivity index (χ3v) is 12.4. The molecule has 0 saturated heterocycles. The van der Waals surface area contributed by atoms with Crippen molar-refractivity contribution in [3.05, 3.63) is 121 Å². The molecule has 4 aromatic rings. The van der Waals surface area contributed by atoms with Crippen LogP contribution in [0.1, 0.15) is 25.7 Å². The van der Waals surface area contributed by atoms with E-state index in [9.17, 15) is 0 Å². The zero-order valence-electron chi connectivity index (χ0n) is 18.4. The van der Waals surface area contributed by atoms with Crippen LogP contribution in [0.25, 0.3) is 0 Å². The Kier molecular flexibility index (Phi) is 7.13. The van der Waals surface area contributed by atoms with E-state index in [0.29, 0.717) is 0 Å². The van der Waals surface area contributed by atoms with E-state index in [1.165, 1.54) is 46.9 Å². The van der Waals surface area contributed by atoms with E-state index in [1.54, 1.807) is 0 Å². The monoisotopic (exact) mass is 452 g/mol. The predicted octanol–water partition coefficient (Wildman–Crippen LogP) is 6.56. The Balaban J connectivity index is 1.40. The number of rotatable bonds is 6. The molecule has 0 aliphatic heterocycles. The van der Waals surface area contributed by atoms with Gasteiger partial charge in [-0.1, -0.05) is 121 Å². The van der Waals surface area contributed by atoms with E-state index in [-0.39, 0.29) is 15.8 Å². The Bertz CT molecular complexity index is 903. The smallest absolute Gasteiger partial charge is 0.0128 e. The summed E-state index contributed by atoms with van der Waals surface area (Å²) in [7, 11) is -0.617. The molecule has 5 rings (SSSR count). The van der Waals surface area contributed by atoms with Gasteiger partial charge >= 0.3 is 0 Å². The molecule has 0 N–H and O–H groups in total. The second-order valence-electron chi connectivity index (χ2n) is 8.54. The van der Waals surface area contributed by atoms with Gasteiger partial charge in [-0.25, -0.2) is 0 Å². The van der Waals surface area contributed by atoms with Gasteiger partial charge in [0.05, 0.1) is 0 Å². The molecule has 2 heteroatoms. The lowest BCUT2D eigenvalue weighted by Gasteiger charge is -2.38. The van der Waals surface area contributed by atoms with Crippen LogP contribution in [0.15, 0.2) is 121 Å². The summed E-state index contributed by atoms with van der Waals surface area (Å²) in [5.74, 6) is 0. The highest BCUT2D eigenvalue weighted by Gasteiger charge is 2.33. The van der Waals surface area contributed by atoms with E-state index in [2.05, 4.69) is 121 Å². The summed E-state index contributed by atoms with van der Waals surface area (Å²) in [6.45, 7) is 0. The second kappa shape index (κ2) is 10.6. The molecule has 0 radical (unpaired) electrons. The van der Waals surface area contributed by atoms with Crippen molar-refractivity contribution in [1.82, 2.24) is 0 Å². The summed E-state index contributed by atoms with van der Waals surface area (Å²) in [5.41, 5.74) is 1.55. The second-order valence-corrected chi connectivity index (χ2v) is 13.6. The van der Waals surface area contributed by atoms with Crippen LogP contribution in [-0.2, 0) is 0 Å². The minimum Gasteiger partial charge on any atom is -0.0622 e. The molecule has 0 heterocycles. The standard InChI is InChI=1S/C30H30P2/c1-5-13-25(14-6-1)31(26-15-7-2-8-16-26)29-21-23-30(24-22-29)32(27-17-9-3-10-18-27)28-19-11-4-12-20-28/h1-20,29-30H,21-24H2. The Morgan fingerprint density at radius 3 is 0.781 bits per heavy atom. The minimum absolute atomic E-state index is 0.309. The normalized spacial score (nSPS) is 18.7. The summed E-state index contributed by atoms with van der Waals surface area (Å²) in [4.78, 5) is 0. The van der Waals surface area contributed by atoms with E-state index in [0.717, 1.165) is 11.3 Å². The van der Waals surface area contributed by atoms with Gasteiger partial charge in [0, 0.05) is 0 Å². The fourth-order valence-corrected chi connectivity index (χ4v) is 11.0. The van der Waals surface area contributed by atoms with Gasteiger partial charge in [0.15, 0.2) is 0 Å². The molecular formula is C30H30P2. The van der Waals surface area contributed by atoms with Crippen LogP contribution in [0.2, 0.25) is 0 Å². The average molecular weight is 453 g/mol. The molecule has 0 bridgehead atoms. The third-order valence-electron chi connectivity index (χ3n) is 6.53. The topological polar surface area (TPSA) is 0 Å². The number of benzene rings is 4. The summed E-state index contributed by atoms with van der Waals surface area (Å²) < 4.78 is 0. The highest BCUT2D eigenvalue weighted by molar-refractivity contribution is 7.74. The van der Waals surface area contributed by atoms with Crippen molar-refractivity contribution < 1.29 is 0 Å². The highest BCUT2D eigenvalue weighted by Crippen LogP contribution is 2.52. The molecule has 0 nitrogen and oxygen atoms in total. The van der Waals surface area contributed by atoms with Crippen LogP contribution in [0.5, 0.6) is 0 Å². The molecule has 0 unspecified atom stereocenters. The molecule has 0 atom stereocenters. The van der Waals surface area contributed by atoms with Crippen molar-refractivity contribution >= 4 is 37.1 Å². The number of hydrogen-bond acceptors (Lipinski definition) is 0. The van der Waals surface area contributed by atoms with Crippen LogP contribution in [-0.4, -0.2) is 11.3 Å². The maximum absolute atomic E-state index is 2.35. The van der Waals surface area contributed by atoms with Crippen molar-refractivity contribution in [2.24, 2.45) is 0 Å². The Labute approximate surface area is 195 Å². The predicted molar refractivity (Wildman–Crippen MR) is 144 cm³/mol. The fourth-order valence-electron chi connectivity index (χ4n) is 5.07. The molecule has 32 heavy (non-hydrogen) atoms. The zero-order chi connectivity index (χ0) is 21.6. The first kappa shape index (κ1) is 21.6. The lowest BCUT2D eigenvalue weighted by atomic mass is 9.99. The van der Waals surface area contributed by atoms with E-state index < -0.39 is 0 Å². The largest absolute Gasteiger partial charge is 0.0622 e. The van der Waals surface area contributed by atoms with Crippen molar-refractivity contribution in [1.29, 1.82) is 0 Å². The molecule has 1 aliphatic rings. The van der Waals surface area contributed by atoms with Gasteiger partial charge in [-0.05, 0) is 74.1 Å². The van der Waals surface area contributed by atoms with Gasteiger partial charge in [-0.2, -0.15) is 0 Å². The molecule has 160 valence electrons. The van der Waals surface area contributed by atoms with Crippen LogP contribution in [0, 0.1) is 0 Å². The quantitative estimate of drug-likeness (QED) is 0.291. The molecule has 0 aromatic heterocycles.